The van der Waals surface area contributed by atoms with Crippen molar-refractivity contribution in [3.8, 4) is 0 Å². The van der Waals surface area contributed by atoms with Crippen molar-refractivity contribution in [2.45, 2.75) is 58.5 Å². The average Bonchev–Trinajstić information content (AvgIpc) is 2.42. The molecule has 109 valence electrons. The van der Waals surface area contributed by atoms with Crippen LogP contribution in [0.4, 0.5) is 0 Å². The van der Waals surface area contributed by atoms with E-state index in [1.54, 1.807) is 0 Å². The van der Waals surface area contributed by atoms with Crippen LogP contribution in [0.15, 0.2) is 47.7 Å². The van der Waals surface area contributed by atoms with Gasteiger partial charge in [0.25, 0.3) is 0 Å². The Morgan fingerprint density at radius 1 is 1.05 bits per heavy atom. The SMILES string of the molecule is CC/C(=C\c1ccccc1)C/C=C/[Si](C(C)C)C(C)C. The maximum Gasteiger partial charge on any atom is 0.0807 e. The largest absolute Gasteiger partial charge is 0.0992 e. The van der Waals surface area contributed by atoms with Crippen LogP contribution >= 0.6 is 0 Å². The molecule has 0 bridgehead atoms. The molecule has 1 rings (SSSR count). The number of allylic oxidation sites excluding steroid dienone is 2. The molecule has 1 heteroatoms. The molecule has 0 aliphatic carbocycles. The predicted molar refractivity (Wildman–Crippen MR) is 94.4 cm³/mol. The van der Waals surface area contributed by atoms with E-state index in [1.165, 1.54) is 11.1 Å². The Labute approximate surface area is 127 Å². The van der Waals surface area contributed by atoms with Crippen LogP contribution in [0, 0.1) is 0 Å². The average molecular weight is 286 g/mol. The lowest BCUT2D eigenvalue weighted by Gasteiger charge is -2.18. The first-order valence-electron chi connectivity index (χ1n) is 7.82. The normalized spacial score (nSPS) is 13.1. The molecule has 0 saturated carbocycles. The molecule has 0 heterocycles. The van der Waals surface area contributed by atoms with E-state index in [9.17, 15) is 0 Å². The van der Waals surface area contributed by atoms with Crippen LogP contribution in [0.5, 0.6) is 0 Å². The van der Waals surface area contributed by atoms with Gasteiger partial charge in [0.15, 0.2) is 0 Å². The number of hydrogen-bond donors (Lipinski definition) is 0. The quantitative estimate of drug-likeness (QED) is 0.517. The van der Waals surface area contributed by atoms with E-state index in [4.69, 9.17) is 0 Å². The van der Waals surface area contributed by atoms with E-state index in [0.717, 1.165) is 23.9 Å². The van der Waals surface area contributed by atoms with Gasteiger partial charge in [-0.2, -0.15) is 0 Å². The monoisotopic (exact) mass is 285 g/mol. The van der Waals surface area contributed by atoms with Crippen LogP contribution in [0.25, 0.3) is 6.08 Å². The Morgan fingerprint density at radius 3 is 2.15 bits per heavy atom. The van der Waals surface area contributed by atoms with E-state index in [-0.39, 0.29) is 8.80 Å². The third-order valence-electron chi connectivity index (χ3n) is 3.65. The summed E-state index contributed by atoms with van der Waals surface area (Å²) in [6.07, 6.45) is 6.97. The van der Waals surface area contributed by atoms with Crippen LogP contribution in [0.1, 0.15) is 53.0 Å². The summed E-state index contributed by atoms with van der Waals surface area (Å²) in [5, 5.41) is 0. The third-order valence-corrected chi connectivity index (χ3v) is 6.94. The van der Waals surface area contributed by atoms with Crippen molar-refractivity contribution in [2.24, 2.45) is 0 Å². The Balaban J connectivity index is 2.68. The van der Waals surface area contributed by atoms with Gasteiger partial charge < -0.3 is 0 Å². The van der Waals surface area contributed by atoms with Gasteiger partial charge in [-0.1, -0.05) is 88.4 Å². The number of rotatable bonds is 7. The molecule has 1 aromatic rings. The summed E-state index contributed by atoms with van der Waals surface area (Å²) >= 11 is 0. The predicted octanol–water partition coefficient (Wildman–Crippen LogP) is 6.28. The Kier molecular flexibility index (Phi) is 7.61. The van der Waals surface area contributed by atoms with E-state index in [0.29, 0.717) is 0 Å². The fourth-order valence-electron chi connectivity index (χ4n) is 2.49. The molecule has 0 fully saturated rings. The van der Waals surface area contributed by atoms with Gasteiger partial charge in [-0.25, -0.2) is 0 Å². The first-order valence-corrected chi connectivity index (χ1v) is 9.55. The fraction of sp³-hybridized carbons (Fsp3) is 0.474. The molecular weight excluding hydrogens is 256 g/mol. The minimum atomic E-state index is -0.362. The van der Waals surface area contributed by atoms with Gasteiger partial charge in [0.05, 0.1) is 8.80 Å². The Hall–Kier alpha value is -1.08. The van der Waals surface area contributed by atoms with Crippen LogP contribution in [0.2, 0.25) is 11.1 Å². The van der Waals surface area contributed by atoms with Crippen molar-refractivity contribution < 1.29 is 0 Å². The maximum atomic E-state index is 2.52. The highest BCUT2D eigenvalue weighted by Crippen LogP contribution is 2.22. The number of benzene rings is 1. The molecule has 1 radical (unpaired) electrons. The molecule has 1 aromatic carbocycles. The fourth-order valence-corrected chi connectivity index (χ4v) is 4.98. The highest BCUT2D eigenvalue weighted by atomic mass is 28.3. The molecule has 0 spiro atoms. The Bertz CT molecular complexity index is 418. The lowest BCUT2D eigenvalue weighted by molar-refractivity contribution is 0.948. The lowest BCUT2D eigenvalue weighted by Crippen LogP contribution is -2.18. The highest BCUT2D eigenvalue weighted by molar-refractivity contribution is 6.66. The van der Waals surface area contributed by atoms with E-state index in [1.807, 2.05) is 0 Å². The topological polar surface area (TPSA) is 0 Å². The molecule has 0 aromatic heterocycles. The second kappa shape index (κ2) is 8.96. The molecule has 0 atom stereocenters. The van der Waals surface area contributed by atoms with Crippen LogP contribution in [-0.2, 0) is 0 Å². The van der Waals surface area contributed by atoms with E-state index >= 15 is 0 Å². The van der Waals surface area contributed by atoms with Gasteiger partial charge in [0.2, 0.25) is 0 Å². The molecule has 0 nitrogen and oxygen atoms in total. The molecule has 0 unspecified atom stereocenters. The summed E-state index contributed by atoms with van der Waals surface area (Å²) in [7, 11) is -0.362. The molecule has 20 heavy (non-hydrogen) atoms. The second-order valence-corrected chi connectivity index (χ2v) is 9.63. The summed E-state index contributed by atoms with van der Waals surface area (Å²) in [6, 6.07) is 10.6. The van der Waals surface area contributed by atoms with Crippen molar-refractivity contribution in [3.63, 3.8) is 0 Å². The van der Waals surface area contributed by atoms with Gasteiger partial charge in [0, 0.05) is 0 Å². The zero-order valence-electron chi connectivity index (χ0n) is 13.7. The van der Waals surface area contributed by atoms with Gasteiger partial charge in [0.1, 0.15) is 0 Å². The summed E-state index contributed by atoms with van der Waals surface area (Å²) in [4.78, 5) is 0. The smallest absolute Gasteiger partial charge is 0.0807 e. The van der Waals surface area contributed by atoms with Crippen molar-refractivity contribution in [2.75, 3.05) is 0 Å². The standard InChI is InChI=1S/C19H29Si/c1-6-18(15-19-11-8-7-9-12-19)13-10-14-20(16(2)3)17(4)5/h7-12,14-17H,6,13H2,1-5H3/b14-10+,18-15+. The van der Waals surface area contributed by atoms with Crippen LogP contribution in [-0.4, -0.2) is 8.80 Å². The molecule has 0 saturated heterocycles. The minimum absolute atomic E-state index is 0.362. The summed E-state index contributed by atoms with van der Waals surface area (Å²) in [5.41, 5.74) is 6.99. The van der Waals surface area contributed by atoms with Crippen LogP contribution < -0.4 is 0 Å². The lowest BCUT2D eigenvalue weighted by atomic mass is 10.1. The molecular formula is C19H29Si. The first-order chi connectivity index (χ1) is 9.54. The van der Waals surface area contributed by atoms with E-state index < -0.39 is 0 Å². The molecule has 0 amide bonds. The van der Waals surface area contributed by atoms with Crippen molar-refractivity contribution in [1.29, 1.82) is 0 Å². The second-order valence-electron chi connectivity index (χ2n) is 5.98. The molecule has 0 aliphatic rings. The Morgan fingerprint density at radius 2 is 1.65 bits per heavy atom. The zero-order chi connectivity index (χ0) is 15.0. The van der Waals surface area contributed by atoms with Crippen molar-refractivity contribution in [1.82, 2.24) is 0 Å². The zero-order valence-corrected chi connectivity index (χ0v) is 14.7. The van der Waals surface area contributed by atoms with Gasteiger partial charge in [-0.3, -0.25) is 0 Å². The van der Waals surface area contributed by atoms with Gasteiger partial charge in [-0.05, 0) is 29.5 Å². The number of hydrogen-bond acceptors (Lipinski definition) is 0. The van der Waals surface area contributed by atoms with Crippen molar-refractivity contribution in [3.05, 3.63) is 53.2 Å². The van der Waals surface area contributed by atoms with Gasteiger partial charge in [-0.15, -0.1) is 0 Å². The maximum absolute atomic E-state index is 2.52. The first kappa shape index (κ1) is 17.0. The minimum Gasteiger partial charge on any atom is -0.0992 e. The summed E-state index contributed by atoms with van der Waals surface area (Å²) in [5.74, 6) is 0. The molecule has 0 aliphatic heterocycles. The summed E-state index contributed by atoms with van der Waals surface area (Å²) in [6.45, 7) is 11.7. The van der Waals surface area contributed by atoms with Crippen LogP contribution in [0.3, 0.4) is 0 Å². The molecule has 0 N–H and O–H groups in total. The highest BCUT2D eigenvalue weighted by Gasteiger charge is 2.15. The summed E-state index contributed by atoms with van der Waals surface area (Å²) < 4.78 is 0. The van der Waals surface area contributed by atoms with E-state index in [2.05, 4.69) is 82.8 Å². The van der Waals surface area contributed by atoms with Crippen molar-refractivity contribution >= 4 is 14.9 Å². The third kappa shape index (κ3) is 5.92. The van der Waals surface area contributed by atoms with Gasteiger partial charge >= 0.3 is 0 Å².